The molecule has 1 N–H and O–H groups in total. The Hall–Kier alpha value is -2.05. The minimum absolute atomic E-state index is 0.371. The van der Waals surface area contributed by atoms with Crippen LogP contribution in [0.3, 0.4) is 0 Å². The molecule has 0 aliphatic carbocycles. The number of nitrogens with one attached hydrogen (secondary N) is 1. The van der Waals surface area contributed by atoms with Crippen LogP contribution in [0.2, 0.25) is 5.02 Å². The lowest BCUT2D eigenvalue weighted by Crippen LogP contribution is -2.52. The number of aromatic nitrogens is 1. The molecule has 0 saturated carbocycles. The molecular weight excluding hydrogens is 362 g/mol. The molecule has 1 aromatic carbocycles. The summed E-state index contributed by atoms with van der Waals surface area (Å²) in [4.78, 5) is 9.17. The van der Waals surface area contributed by atoms with Crippen molar-refractivity contribution in [3.63, 3.8) is 0 Å². The van der Waals surface area contributed by atoms with E-state index in [1.165, 1.54) is 5.56 Å². The Bertz CT molecular complexity index is 748. The summed E-state index contributed by atoms with van der Waals surface area (Å²) in [6, 6.07) is 10.1. The number of aliphatic imine (C=N–C) groups is 1. The van der Waals surface area contributed by atoms with E-state index in [2.05, 4.69) is 51.2 Å². The van der Waals surface area contributed by atoms with E-state index >= 15 is 0 Å². The second-order valence-electron chi connectivity index (χ2n) is 7.16. The second-order valence-corrected chi connectivity index (χ2v) is 7.60. The molecule has 0 bridgehead atoms. The Morgan fingerprint density at radius 1 is 1.22 bits per heavy atom. The molecule has 146 valence electrons. The summed E-state index contributed by atoms with van der Waals surface area (Å²) in [6.45, 7) is 9.66. The molecular formula is C20H28ClN5O. The van der Waals surface area contributed by atoms with Crippen molar-refractivity contribution in [2.24, 2.45) is 4.99 Å². The summed E-state index contributed by atoms with van der Waals surface area (Å²) >= 11 is 5.96. The highest BCUT2D eigenvalue weighted by atomic mass is 35.5. The SMILES string of the molecule is CN=C(NCc1cc(C(C)C)no1)N1CCN(Cc2ccc(Cl)cc2)CC1. The van der Waals surface area contributed by atoms with Crippen LogP contribution in [0.25, 0.3) is 0 Å². The molecule has 7 heteroatoms. The van der Waals surface area contributed by atoms with Crippen molar-refractivity contribution < 1.29 is 4.52 Å². The maximum atomic E-state index is 5.96. The van der Waals surface area contributed by atoms with Gasteiger partial charge in [-0.25, -0.2) is 0 Å². The fraction of sp³-hybridized carbons (Fsp3) is 0.500. The lowest BCUT2D eigenvalue weighted by Gasteiger charge is -2.36. The molecule has 0 unspecified atom stereocenters. The third-order valence-electron chi connectivity index (χ3n) is 4.79. The fourth-order valence-electron chi connectivity index (χ4n) is 3.15. The molecule has 1 fully saturated rings. The molecule has 1 aromatic heterocycles. The number of guanidine groups is 1. The van der Waals surface area contributed by atoms with Gasteiger partial charge < -0.3 is 14.7 Å². The van der Waals surface area contributed by atoms with E-state index in [-0.39, 0.29) is 0 Å². The average molecular weight is 390 g/mol. The third kappa shape index (κ3) is 5.47. The maximum absolute atomic E-state index is 5.96. The van der Waals surface area contributed by atoms with Crippen molar-refractivity contribution >= 4 is 17.6 Å². The van der Waals surface area contributed by atoms with Gasteiger partial charge in [-0.1, -0.05) is 42.7 Å². The van der Waals surface area contributed by atoms with E-state index in [1.807, 2.05) is 25.2 Å². The third-order valence-corrected chi connectivity index (χ3v) is 5.04. The second kappa shape index (κ2) is 9.24. The lowest BCUT2D eigenvalue weighted by molar-refractivity contribution is 0.172. The van der Waals surface area contributed by atoms with E-state index < -0.39 is 0 Å². The minimum atomic E-state index is 0.371. The molecule has 3 rings (SSSR count). The van der Waals surface area contributed by atoms with E-state index in [1.54, 1.807) is 0 Å². The minimum Gasteiger partial charge on any atom is -0.359 e. The highest BCUT2D eigenvalue weighted by Crippen LogP contribution is 2.15. The number of hydrogen-bond donors (Lipinski definition) is 1. The molecule has 6 nitrogen and oxygen atoms in total. The van der Waals surface area contributed by atoms with E-state index in [0.29, 0.717) is 12.5 Å². The molecule has 0 radical (unpaired) electrons. The Balaban J connectivity index is 1.47. The predicted octanol–water partition coefficient (Wildman–Crippen LogP) is 3.34. The van der Waals surface area contributed by atoms with E-state index in [9.17, 15) is 0 Å². The Morgan fingerprint density at radius 3 is 2.52 bits per heavy atom. The molecule has 1 saturated heterocycles. The summed E-state index contributed by atoms with van der Waals surface area (Å²) in [5, 5.41) is 8.27. The standard InChI is InChI=1S/C20H28ClN5O/c1-15(2)19-12-18(27-24-19)13-23-20(22-3)26-10-8-25(9-11-26)14-16-4-6-17(21)7-5-16/h4-7,12,15H,8-11,13-14H2,1-3H3,(H,22,23). The van der Waals surface area contributed by atoms with Crippen molar-refractivity contribution in [3.8, 4) is 0 Å². The zero-order valence-corrected chi connectivity index (χ0v) is 17.0. The molecule has 0 atom stereocenters. The predicted molar refractivity (Wildman–Crippen MR) is 109 cm³/mol. The molecule has 2 aromatic rings. The van der Waals surface area contributed by atoms with Gasteiger partial charge in [-0.3, -0.25) is 9.89 Å². The van der Waals surface area contributed by atoms with Crippen molar-refractivity contribution in [2.45, 2.75) is 32.9 Å². The Morgan fingerprint density at radius 2 is 1.93 bits per heavy atom. The highest BCUT2D eigenvalue weighted by molar-refractivity contribution is 6.30. The first-order chi connectivity index (χ1) is 13.0. The van der Waals surface area contributed by atoms with Crippen LogP contribution in [-0.2, 0) is 13.1 Å². The first-order valence-electron chi connectivity index (χ1n) is 9.43. The largest absolute Gasteiger partial charge is 0.359 e. The smallest absolute Gasteiger partial charge is 0.194 e. The van der Waals surface area contributed by atoms with Gasteiger partial charge in [0.1, 0.15) is 0 Å². The quantitative estimate of drug-likeness (QED) is 0.627. The van der Waals surface area contributed by atoms with Gasteiger partial charge in [0, 0.05) is 50.9 Å². The molecule has 27 heavy (non-hydrogen) atoms. The van der Waals surface area contributed by atoms with Crippen molar-refractivity contribution in [3.05, 3.63) is 52.4 Å². The van der Waals surface area contributed by atoms with Gasteiger partial charge in [0.15, 0.2) is 11.7 Å². The van der Waals surface area contributed by atoms with Gasteiger partial charge in [0.05, 0.1) is 12.2 Å². The van der Waals surface area contributed by atoms with Crippen LogP contribution in [-0.4, -0.2) is 54.1 Å². The Labute approximate surface area is 166 Å². The maximum Gasteiger partial charge on any atom is 0.194 e. The number of nitrogens with zero attached hydrogens (tertiary/aromatic N) is 4. The van der Waals surface area contributed by atoms with Crippen LogP contribution in [0.15, 0.2) is 39.8 Å². The van der Waals surface area contributed by atoms with Crippen LogP contribution in [0.5, 0.6) is 0 Å². The molecule has 0 amide bonds. The van der Waals surface area contributed by atoms with E-state index in [4.69, 9.17) is 16.1 Å². The van der Waals surface area contributed by atoms with Crippen molar-refractivity contribution in [1.82, 2.24) is 20.3 Å². The monoisotopic (exact) mass is 389 g/mol. The van der Waals surface area contributed by atoms with E-state index in [0.717, 1.165) is 55.2 Å². The first-order valence-corrected chi connectivity index (χ1v) is 9.81. The van der Waals surface area contributed by atoms with Crippen molar-refractivity contribution in [2.75, 3.05) is 33.2 Å². The summed E-state index contributed by atoms with van der Waals surface area (Å²) in [5.74, 6) is 2.11. The van der Waals surface area contributed by atoms with Gasteiger partial charge in [0.2, 0.25) is 0 Å². The van der Waals surface area contributed by atoms with Gasteiger partial charge in [0.25, 0.3) is 0 Å². The Kier molecular flexibility index (Phi) is 6.74. The van der Waals surface area contributed by atoms with Crippen LogP contribution in [0, 0.1) is 0 Å². The zero-order chi connectivity index (χ0) is 19.2. The number of benzene rings is 1. The van der Waals surface area contributed by atoms with Gasteiger partial charge in [-0.2, -0.15) is 0 Å². The molecule has 1 aliphatic rings. The van der Waals surface area contributed by atoms with Crippen LogP contribution < -0.4 is 5.32 Å². The summed E-state index contributed by atoms with van der Waals surface area (Å²) < 4.78 is 5.40. The number of hydrogen-bond acceptors (Lipinski definition) is 4. The molecule has 1 aliphatic heterocycles. The lowest BCUT2D eigenvalue weighted by atomic mass is 10.1. The van der Waals surface area contributed by atoms with Crippen molar-refractivity contribution in [1.29, 1.82) is 0 Å². The van der Waals surface area contributed by atoms with Crippen LogP contribution in [0.1, 0.15) is 36.8 Å². The van der Waals surface area contributed by atoms with Gasteiger partial charge in [-0.15, -0.1) is 0 Å². The van der Waals surface area contributed by atoms with Crippen LogP contribution in [0.4, 0.5) is 0 Å². The molecule has 2 heterocycles. The number of rotatable bonds is 5. The normalized spacial score (nSPS) is 16.2. The summed E-state index contributed by atoms with van der Waals surface area (Å²) in [6.07, 6.45) is 0. The van der Waals surface area contributed by atoms with Gasteiger partial charge in [-0.05, 0) is 23.6 Å². The van der Waals surface area contributed by atoms with Gasteiger partial charge >= 0.3 is 0 Å². The number of halogens is 1. The zero-order valence-electron chi connectivity index (χ0n) is 16.3. The summed E-state index contributed by atoms with van der Waals surface area (Å²) in [5.41, 5.74) is 2.28. The summed E-state index contributed by atoms with van der Waals surface area (Å²) in [7, 11) is 1.82. The fourth-order valence-corrected chi connectivity index (χ4v) is 3.27. The highest BCUT2D eigenvalue weighted by Gasteiger charge is 2.20. The average Bonchev–Trinajstić information content (AvgIpc) is 3.15. The first kappa shape index (κ1) is 19.7. The topological polar surface area (TPSA) is 56.9 Å². The number of piperazine rings is 1. The van der Waals surface area contributed by atoms with Crippen LogP contribution >= 0.6 is 11.6 Å². The molecule has 0 spiro atoms.